The molecule has 0 radical (unpaired) electrons. The summed E-state index contributed by atoms with van der Waals surface area (Å²) in [5.74, 6) is -1.71. The van der Waals surface area contributed by atoms with Gasteiger partial charge in [-0.2, -0.15) is 0 Å². The number of nitrogens with one attached hydrogen (secondary N) is 2. The highest BCUT2D eigenvalue weighted by Crippen LogP contribution is 2.31. The maximum atomic E-state index is 13.2. The van der Waals surface area contributed by atoms with Crippen molar-refractivity contribution in [2.24, 2.45) is 0 Å². The first kappa shape index (κ1) is 21.7. The molecular weight excluding hydrogens is 422 g/mol. The highest BCUT2D eigenvalue weighted by Gasteiger charge is 2.31. The van der Waals surface area contributed by atoms with Crippen LogP contribution in [0.3, 0.4) is 0 Å². The molecule has 7 nitrogen and oxygen atoms in total. The van der Waals surface area contributed by atoms with Gasteiger partial charge in [0.2, 0.25) is 0 Å². The fourth-order valence-electron chi connectivity index (χ4n) is 2.76. The Hall–Kier alpha value is -3.04. The van der Waals surface area contributed by atoms with Crippen LogP contribution >= 0.6 is 11.3 Å². The molecule has 9 heteroatoms. The van der Waals surface area contributed by atoms with Gasteiger partial charge >= 0.3 is 11.8 Å². The molecular formula is C21H21N3O4S2. The van der Waals surface area contributed by atoms with Crippen molar-refractivity contribution < 1.29 is 18.0 Å². The van der Waals surface area contributed by atoms with Crippen molar-refractivity contribution in [3.63, 3.8) is 0 Å². The summed E-state index contributed by atoms with van der Waals surface area (Å²) in [4.78, 5) is 29.0. The number of carbonyl (C=O) groups is 2. The first-order valence-electron chi connectivity index (χ1n) is 9.17. The highest BCUT2D eigenvalue weighted by molar-refractivity contribution is 7.91. The number of thiophene rings is 1. The summed E-state index contributed by atoms with van der Waals surface area (Å²) >= 11 is 1.29. The minimum absolute atomic E-state index is 0.169. The van der Waals surface area contributed by atoms with Gasteiger partial charge in [0.05, 0.1) is 4.90 Å². The molecule has 0 bridgehead atoms. The lowest BCUT2D eigenvalue weighted by Gasteiger charge is -2.17. The van der Waals surface area contributed by atoms with Crippen LogP contribution in [-0.4, -0.2) is 31.8 Å². The largest absolute Gasteiger partial charge is 0.346 e. The molecule has 2 heterocycles. The van der Waals surface area contributed by atoms with E-state index in [-0.39, 0.29) is 18.0 Å². The first-order chi connectivity index (χ1) is 14.4. The van der Waals surface area contributed by atoms with Crippen molar-refractivity contribution in [3.8, 4) is 0 Å². The maximum absolute atomic E-state index is 13.2. The molecule has 156 valence electrons. The molecule has 0 fully saturated rings. The number of aromatic nitrogens is 1. The molecule has 3 aromatic rings. The summed E-state index contributed by atoms with van der Waals surface area (Å²) in [6.45, 7) is 1.83. The second-order valence-corrected chi connectivity index (χ2v) is 9.72. The smallest absolute Gasteiger partial charge is 0.309 e. The molecule has 1 atom stereocenters. The molecule has 0 saturated heterocycles. The second kappa shape index (κ2) is 9.64. The van der Waals surface area contributed by atoms with Crippen LogP contribution in [0.4, 0.5) is 0 Å². The third-order valence-corrected chi connectivity index (χ3v) is 7.68. The topological polar surface area (TPSA) is 105 Å². The lowest BCUT2D eigenvalue weighted by molar-refractivity contribution is -0.139. The Morgan fingerprint density at radius 3 is 2.30 bits per heavy atom. The van der Waals surface area contributed by atoms with Gasteiger partial charge in [0.25, 0.3) is 0 Å². The molecule has 0 saturated carbocycles. The number of rotatable bonds is 7. The third-order valence-electron chi connectivity index (χ3n) is 4.44. The van der Waals surface area contributed by atoms with E-state index in [0.29, 0.717) is 4.88 Å². The van der Waals surface area contributed by atoms with Gasteiger partial charge in [-0.1, -0.05) is 23.8 Å². The monoisotopic (exact) mass is 443 g/mol. The Balaban J connectivity index is 1.69. The average Bonchev–Trinajstić information content (AvgIpc) is 3.27. The van der Waals surface area contributed by atoms with Crippen molar-refractivity contribution in [3.05, 3.63) is 82.3 Å². The summed E-state index contributed by atoms with van der Waals surface area (Å²) < 4.78 is 26.4. The predicted octanol–water partition coefficient (Wildman–Crippen LogP) is 2.40. The number of sulfone groups is 1. The lowest BCUT2D eigenvalue weighted by Crippen LogP contribution is -2.42. The Bertz CT molecular complexity index is 1100. The lowest BCUT2D eigenvalue weighted by atomic mass is 10.2. The molecule has 2 aromatic heterocycles. The van der Waals surface area contributed by atoms with Crippen molar-refractivity contribution in [1.82, 2.24) is 15.6 Å². The van der Waals surface area contributed by atoms with E-state index in [0.717, 1.165) is 11.1 Å². The molecule has 0 spiro atoms. The van der Waals surface area contributed by atoms with Gasteiger partial charge in [-0.05, 0) is 48.2 Å². The van der Waals surface area contributed by atoms with Crippen molar-refractivity contribution in [1.29, 1.82) is 0 Å². The Labute approximate surface area is 179 Å². The van der Waals surface area contributed by atoms with Gasteiger partial charge < -0.3 is 10.6 Å². The van der Waals surface area contributed by atoms with Gasteiger partial charge in [0.15, 0.2) is 9.84 Å². The minimum Gasteiger partial charge on any atom is -0.346 e. The first-order valence-corrected chi connectivity index (χ1v) is 11.6. The van der Waals surface area contributed by atoms with E-state index in [1.807, 2.05) is 6.92 Å². The molecule has 2 amide bonds. The number of hydrogen-bond acceptors (Lipinski definition) is 6. The van der Waals surface area contributed by atoms with E-state index in [1.165, 1.54) is 11.3 Å². The number of nitrogens with zero attached hydrogens (tertiary/aromatic N) is 1. The molecule has 0 aliphatic rings. The highest BCUT2D eigenvalue weighted by atomic mass is 32.2. The summed E-state index contributed by atoms with van der Waals surface area (Å²) in [6.07, 6.45) is 3.17. The van der Waals surface area contributed by atoms with Gasteiger partial charge in [0, 0.05) is 30.4 Å². The zero-order chi connectivity index (χ0) is 21.6. The second-order valence-electron chi connectivity index (χ2n) is 6.61. The van der Waals surface area contributed by atoms with Gasteiger partial charge in [0.1, 0.15) is 5.25 Å². The zero-order valence-electron chi connectivity index (χ0n) is 16.2. The van der Waals surface area contributed by atoms with Gasteiger partial charge in [-0.3, -0.25) is 14.6 Å². The van der Waals surface area contributed by atoms with Crippen LogP contribution in [0.1, 0.15) is 21.3 Å². The van der Waals surface area contributed by atoms with Crippen molar-refractivity contribution in [2.75, 3.05) is 6.54 Å². The number of pyridine rings is 1. The fourth-order valence-corrected chi connectivity index (χ4v) is 5.54. The van der Waals surface area contributed by atoms with Gasteiger partial charge in [-0.25, -0.2) is 8.42 Å². The number of benzene rings is 1. The van der Waals surface area contributed by atoms with E-state index in [9.17, 15) is 18.0 Å². The van der Waals surface area contributed by atoms with Crippen LogP contribution in [0, 0.1) is 6.92 Å². The number of hydrogen-bond donors (Lipinski definition) is 2. The fraction of sp³-hybridized carbons (Fsp3) is 0.190. The van der Waals surface area contributed by atoms with Crippen LogP contribution in [0.2, 0.25) is 0 Å². The summed E-state index contributed by atoms with van der Waals surface area (Å²) in [6, 6.07) is 13.5. The average molecular weight is 444 g/mol. The van der Waals surface area contributed by atoms with Crippen LogP contribution in [0.15, 0.2) is 71.2 Å². The van der Waals surface area contributed by atoms with Crippen molar-refractivity contribution in [2.45, 2.75) is 23.6 Å². The molecule has 0 aliphatic heterocycles. The van der Waals surface area contributed by atoms with Crippen LogP contribution in [-0.2, 0) is 26.0 Å². The molecule has 3 rings (SSSR count). The molecule has 2 N–H and O–H groups in total. The van der Waals surface area contributed by atoms with Crippen LogP contribution in [0.25, 0.3) is 0 Å². The Kier molecular flexibility index (Phi) is 6.96. The quantitative estimate of drug-likeness (QED) is 0.546. The third kappa shape index (κ3) is 5.31. The van der Waals surface area contributed by atoms with Crippen molar-refractivity contribution >= 4 is 33.0 Å². The van der Waals surface area contributed by atoms with E-state index >= 15 is 0 Å². The van der Waals surface area contributed by atoms with Crippen LogP contribution in [0.5, 0.6) is 0 Å². The standard InChI is InChI=1S/C21H21N3O4S2/c1-15-4-6-17(7-5-15)30(27,28)19(18-3-2-12-29-18)14-24-21(26)20(25)23-13-16-8-10-22-11-9-16/h2-12,19H,13-14H2,1H3,(H,23,25)(H,24,26)/t19-/m1/s1. The normalized spacial score (nSPS) is 12.2. The Morgan fingerprint density at radius 2 is 1.67 bits per heavy atom. The van der Waals surface area contributed by atoms with Crippen LogP contribution < -0.4 is 10.6 Å². The SMILES string of the molecule is Cc1ccc(S(=O)(=O)[C@H](CNC(=O)C(=O)NCc2ccncc2)c2cccs2)cc1. The van der Waals surface area contributed by atoms with E-state index in [2.05, 4.69) is 15.6 Å². The number of amides is 2. The molecule has 30 heavy (non-hydrogen) atoms. The molecule has 1 aromatic carbocycles. The Morgan fingerprint density at radius 1 is 1.00 bits per heavy atom. The summed E-state index contributed by atoms with van der Waals surface area (Å²) in [5, 5.41) is 5.75. The number of carbonyl (C=O) groups excluding carboxylic acids is 2. The van der Waals surface area contributed by atoms with E-state index in [4.69, 9.17) is 0 Å². The van der Waals surface area contributed by atoms with E-state index in [1.54, 1.807) is 66.3 Å². The zero-order valence-corrected chi connectivity index (χ0v) is 17.9. The summed E-state index contributed by atoms with van der Waals surface area (Å²) in [5.41, 5.74) is 1.74. The van der Waals surface area contributed by atoms with E-state index < -0.39 is 26.9 Å². The predicted molar refractivity (Wildman–Crippen MR) is 115 cm³/mol. The summed E-state index contributed by atoms with van der Waals surface area (Å²) in [7, 11) is -3.76. The van der Waals surface area contributed by atoms with Gasteiger partial charge in [-0.15, -0.1) is 11.3 Å². The molecule has 0 unspecified atom stereocenters. The number of aryl methyl sites for hydroxylation is 1. The minimum atomic E-state index is -3.76. The maximum Gasteiger partial charge on any atom is 0.309 e. The molecule has 0 aliphatic carbocycles.